The molecule has 0 fully saturated rings. The standard InChI is InChI=1S/C10H10N2O3/c1-12-5-11-7-4-8(13)9(15-2)3-6(7)10(12)14/h3-5,13H,1-2H3. The van der Waals surface area contributed by atoms with Crippen molar-refractivity contribution in [2.24, 2.45) is 7.05 Å². The molecule has 2 rings (SSSR count). The van der Waals surface area contributed by atoms with Gasteiger partial charge in [-0.05, 0) is 6.07 Å². The van der Waals surface area contributed by atoms with Gasteiger partial charge in [-0.25, -0.2) is 4.98 Å². The maximum absolute atomic E-state index is 11.7. The van der Waals surface area contributed by atoms with Crippen molar-refractivity contribution in [3.63, 3.8) is 0 Å². The molecule has 5 heteroatoms. The number of ether oxygens (including phenoxy) is 1. The van der Waals surface area contributed by atoms with E-state index in [0.717, 1.165) is 0 Å². The lowest BCUT2D eigenvalue weighted by atomic mass is 10.2. The van der Waals surface area contributed by atoms with Crippen LogP contribution in [0.25, 0.3) is 10.9 Å². The fourth-order valence-electron chi connectivity index (χ4n) is 1.39. The first-order valence-corrected chi connectivity index (χ1v) is 4.36. The third-order valence-electron chi connectivity index (χ3n) is 2.22. The Hall–Kier alpha value is -2.04. The second-order valence-electron chi connectivity index (χ2n) is 3.20. The van der Waals surface area contributed by atoms with Crippen molar-refractivity contribution >= 4 is 10.9 Å². The molecule has 0 saturated carbocycles. The SMILES string of the molecule is COc1cc2c(=O)n(C)cnc2cc1O. The molecule has 0 radical (unpaired) electrons. The Bertz CT molecular complexity index is 575. The summed E-state index contributed by atoms with van der Waals surface area (Å²) in [6.07, 6.45) is 1.41. The summed E-state index contributed by atoms with van der Waals surface area (Å²) in [6.45, 7) is 0. The lowest BCUT2D eigenvalue weighted by molar-refractivity contribution is 0.374. The second-order valence-corrected chi connectivity index (χ2v) is 3.20. The van der Waals surface area contributed by atoms with Crippen LogP contribution in [-0.2, 0) is 7.05 Å². The van der Waals surface area contributed by atoms with Crippen molar-refractivity contribution in [1.29, 1.82) is 0 Å². The number of aromatic nitrogens is 2. The average Bonchev–Trinajstić information content (AvgIpc) is 2.23. The third-order valence-corrected chi connectivity index (χ3v) is 2.22. The molecular weight excluding hydrogens is 196 g/mol. The summed E-state index contributed by atoms with van der Waals surface area (Å²) in [4.78, 5) is 15.7. The molecule has 2 aromatic rings. The van der Waals surface area contributed by atoms with Gasteiger partial charge in [0.15, 0.2) is 11.5 Å². The lowest BCUT2D eigenvalue weighted by Crippen LogP contribution is -2.16. The number of nitrogens with zero attached hydrogens (tertiary/aromatic N) is 2. The topological polar surface area (TPSA) is 64.4 Å². The minimum Gasteiger partial charge on any atom is -0.504 e. The van der Waals surface area contributed by atoms with Crippen molar-refractivity contribution in [1.82, 2.24) is 9.55 Å². The molecule has 0 aliphatic heterocycles. The van der Waals surface area contributed by atoms with E-state index in [1.807, 2.05) is 0 Å². The predicted octanol–water partition coefficient (Wildman–Crippen LogP) is 0.648. The summed E-state index contributed by atoms with van der Waals surface area (Å²) < 4.78 is 6.30. The van der Waals surface area contributed by atoms with Crippen LogP contribution in [0.5, 0.6) is 11.5 Å². The third kappa shape index (κ3) is 1.41. The molecule has 1 aromatic carbocycles. The van der Waals surface area contributed by atoms with E-state index in [4.69, 9.17) is 4.74 Å². The highest BCUT2D eigenvalue weighted by Gasteiger charge is 2.08. The smallest absolute Gasteiger partial charge is 0.261 e. The van der Waals surface area contributed by atoms with Crippen LogP contribution in [0.15, 0.2) is 23.3 Å². The molecule has 0 aliphatic carbocycles. The molecule has 0 aliphatic rings. The van der Waals surface area contributed by atoms with Gasteiger partial charge in [-0.15, -0.1) is 0 Å². The fourth-order valence-corrected chi connectivity index (χ4v) is 1.39. The molecule has 1 N–H and O–H groups in total. The normalized spacial score (nSPS) is 10.5. The molecule has 1 aromatic heterocycles. The first-order valence-electron chi connectivity index (χ1n) is 4.36. The molecule has 0 spiro atoms. The van der Waals surface area contributed by atoms with Gasteiger partial charge in [0.1, 0.15) is 0 Å². The number of aryl methyl sites for hydroxylation is 1. The van der Waals surface area contributed by atoms with Crippen molar-refractivity contribution in [3.05, 3.63) is 28.8 Å². The minimum atomic E-state index is -0.168. The van der Waals surface area contributed by atoms with Crippen molar-refractivity contribution < 1.29 is 9.84 Å². The average molecular weight is 206 g/mol. The van der Waals surface area contributed by atoms with E-state index in [2.05, 4.69) is 4.98 Å². The van der Waals surface area contributed by atoms with Gasteiger partial charge < -0.3 is 14.4 Å². The van der Waals surface area contributed by atoms with Crippen LogP contribution in [0.4, 0.5) is 0 Å². The van der Waals surface area contributed by atoms with Gasteiger partial charge >= 0.3 is 0 Å². The van der Waals surface area contributed by atoms with Crippen LogP contribution in [0.3, 0.4) is 0 Å². The molecule has 15 heavy (non-hydrogen) atoms. The Labute approximate surface area is 85.6 Å². The number of hydrogen-bond donors (Lipinski definition) is 1. The monoisotopic (exact) mass is 206 g/mol. The minimum absolute atomic E-state index is 0.0225. The second kappa shape index (κ2) is 3.27. The molecular formula is C10H10N2O3. The van der Waals surface area contributed by atoms with E-state index >= 15 is 0 Å². The Morgan fingerprint density at radius 1 is 1.47 bits per heavy atom. The Kier molecular flexibility index (Phi) is 2.07. The molecule has 0 atom stereocenters. The zero-order valence-electron chi connectivity index (χ0n) is 8.39. The van der Waals surface area contributed by atoms with Crippen LogP contribution in [0.1, 0.15) is 0 Å². The van der Waals surface area contributed by atoms with Crippen molar-refractivity contribution in [2.75, 3.05) is 7.11 Å². The van der Waals surface area contributed by atoms with Gasteiger partial charge in [-0.2, -0.15) is 0 Å². The van der Waals surface area contributed by atoms with Gasteiger partial charge in [-0.3, -0.25) is 4.79 Å². The molecule has 0 unspecified atom stereocenters. The van der Waals surface area contributed by atoms with Crippen molar-refractivity contribution in [2.45, 2.75) is 0 Å². The number of phenolic OH excluding ortho intramolecular Hbond substituents is 1. The number of aromatic hydroxyl groups is 1. The molecule has 0 saturated heterocycles. The molecule has 0 amide bonds. The largest absolute Gasteiger partial charge is 0.504 e. The summed E-state index contributed by atoms with van der Waals surface area (Å²) >= 11 is 0. The Morgan fingerprint density at radius 2 is 2.20 bits per heavy atom. The zero-order valence-corrected chi connectivity index (χ0v) is 8.39. The summed E-state index contributed by atoms with van der Waals surface area (Å²) in [5.41, 5.74) is 0.287. The highest BCUT2D eigenvalue weighted by Crippen LogP contribution is 2.28. The summed E-state index contributed by atoms with van der Waals surface area (Å²) in [7, 11) is 3.05. The quantitative estimate of drug-likeness (QED) is 0.744. The van der Waals surface area contributed by atoms with Crippen LogP contribution >= 0.6 is 0 Å². The molecule has 0 bridgehead atoms. The van der Waals surface area contributed by atoms with Gasteiger partial charge in [0, 0.05) is 13.1 Å². The number of rotatable bonds is 1. The van der Waals surface area contributed by atoms with Crippen LogP contribution < -0.4 is 10.3 Å². The predicted molar refractivity (Wildman–Crippen MR) is 55.2 cm³/mol. The number of hydrogen-bond acceptors (Lipinski definition) is 4. The van der Waals surface area contributed by atoms with E-state index in [0.29, 0.717) is 10.9 Å². The van der Waals surface area contributed by atoms with E-state index in [1.54, 1.807) is 7.05 Å². The maximum atomic E-state index is 11.7. The van der Waals surface area contributed by atoms with E-state index in [-0.39, 0.29) is 17.1 Å². The molecule has 5 nitrogen and oxygen atoms in total. The number of benzene rings is 1. The highest BCUT2D eigenvalue weighted by atomic mass is 16.5. The van der Waals surface area contributed by atoms with Crippen LogP contribution in [-0.4, -0.2) is 21.8 Å². The number of methoxy groups -OCH3 is 1. The van der Waals surface area contributed by atoms with Gasteiger partial charge in [0.05, 0.1) is 24.3 Å². The summed E-state index contributed by atoms with van der Waals surface area (Å²) in [6, 6.07) is 2.90. The first kappa shape index (κ1) is 9.51. The van der Waals surface area contributed by atoms with Gasteiger partial charge in [0.2, 0.25) is 0 Å². The lowest BCUT2D eigenvalue weighted by Gasteiger charge is -2.05. The Balaban J connectivity index is 2.89. The summed E-state index contributed by atoms with van der Waals surface area (Å²) in [5.74, 6) is 0.248. The Morgan fingerprint density at radius 3 is 2.87 bits per heavy atom. The zero-order chi connectivity index (χ0) is 11.0. The van der Waals surface area contributed by atoms with Gasteiger partial charge in [0.25, 0.3) is 5.56 Å². The first-order chi connectivity index (χ1) is 7.13. The van der Waals surface area contributed by atoms with Crippen LogP contribution in [0, 0.1) is 0 Å². The highest BCUT2D eigenvalue weighted by molar-refractivity contribution is 5.81. The number of fused-ring (bicyclic) bond motifs is 1. The van der Waals surface area contributed by atoms with Gasteiger partial charge in [-0.1, -0.05) is 0 Å². The number of phenols is 1. The van der Waals surface area contributed by atoms with Crippen LogP contribution in [0.2, 0.25) is 0 Å². The molecule has 1 heterocycles. The van der Waals surface area contributed by atoms with E-state index in [1.165, 1.54) is 30.1 Å². The van der Waals surface area contributed by atoms with Crippen molar-refractivity contribution in [3.8, 4) is 11.5 Å². The summed E-state index contributed by atoms with van der Waals surface area (Å²) in [5, 5.41) is 9.92. The van der Waals surface area contributed by atoms with E-state index in [9.17, 15) is 9.90 Å². The fraction of sp³-hybridized carbons (Fsp3) is 0.200. The molecule has 78 valence electrons. The van der Waals surface area contributed by atoms with E-state index < -0.39 is 0 Å². The maximum Gasteiger partial charge on any atom is 0.261 e.